The summed E-state index contributed by atoms with van der Waals surface area (Å²) >= 11 is 0. The van der Waals surface area contributed by atoms with E-state index in [-0.39, 0.29) is 11.8 Å². The molecular formula is C10H17NO3. The molecule has 1 rings (SSSR count). The summed E-state index contributed by atoms with van der Waals surface area (Å²) in [6.45, 7) is 6.30. The molecule has 80 valence electrons. The molecule has 0 aromatic carbocycles. The van der Waals surface area contributed by atoms with Gasteiger partial charge < -0.3 is 10.0 Å². The Bertz CT molecular complexity index is 264. The van der Waals surface area contributed by atoms with Crippen molar-refractivity contribution in [2.75, 3.05) is 13.1 Å². The quantitative estimate of drug-likeness (QED) is 0.720. The lowest BCUT2D eigenvalue weighted by Gasteiger charge is -2.22. The Labute approximate surface area is 83.9 Å². The highest BCUT2D eigenvalue weighted by Gasteiger charge is 2.47. The highest BCUT2D eigenvalue weighted by molar-refractivity contribution is 5.80. The monoisotopic (exact) mass is 199 g/mol. The standard InChI is InChI=1S/C10H17NO3/c1-4-8(12)11-5-7(2)10(3,6-11)9(13)14/h7H,4-6H2,1-3H3,(H,13,14)/t7-,10-/m1/s1. The van der Waals surface area contributed by atoms with E-state index in [4.69, 9.17) is 5.11 Å². The van der Waals surface area contributed by atoms with Crippen molar-refractivity contribution in [3.05, 3.63) is 0 Å². The summed E-state index contributed by atoms with van der Waals surface area (Å²) in [4.78, 5) is 24.1. The second kappa shape index (κ2) is 3.59. The van der Waals surface area contributed by atoms with Crippen molar-refractivity contribution in [1.29, 1.82) is 0 Å². The largest absolute Gasteiger partial charge is 0.481 e. The predicted octanol–water partition coefficient (Wildman–Crippen LogP) is 0.966. The number of amides is 1. The molecule has 1 heterocycles. The Kier molecular flexibility index (Phi) is 2.83. The van der Waals surface area contributed by atoms with Crippen LogP contribution in [0.3, 0.4) is 0 Å². The first-order chi connectivity index (χ1) is 6.41. The zero-order chi connectivity index (χ0) is 10.9. The Morgan fingerprint density at radius 3 is 2.50 bits per heavy atom. The molecule has 0 aliphatic carbocycles. The number of nitrogens with zero attached hydrogens (tertiary/aromatic N) is 1. The van der Waals surface area contributed by atoms with Crippen LogP contribution in [0.5, 0.6) is 0 Å². The summed E-state index contributed by atoms with van der Waals surface area (Å²) in [7, 11) is 0. The van der Waals surface area contributed by atoms with Gasteiger partial charge in [0.2, 0.25) is 5.91 Å². The normalized spacial score (nSPS) is 31.9. The van der Waals surface area contributed by atoms with E-state index in [1.54, 1.807) is 18.7 Å². The molecule has 0 saturated carbocycles. The highest BCUT2D eigenvalue weighted by atomic mass is 16.4. The van der Waals surface area contributed by atoms with Gasteiger partial charge in [-0.1, -0.05) is 13.8 Å². The van der Waals surface area contributed by atoms with E-state index in [0.717, 1.165) is 0 Å². The van der Waals surface area contributed by atoms with E-state index < -0.39 is 11.4 Å². The molecule has 1 aliphatic rings. The first-order valence-electron chi connectivity index (χ1n) is 4.93. The summed E-state index contributed by atoms with van der Waals surface area (Å²) < 4.78 is 0. The molecule has 1 fully saturated rings. The lowest BCUT2D eigenvalue weighted by molar-refractivity contribution is -0.149. The number of carboxylic acids is 1. The van der Waals surface area contributed by atoms with Gasteiger partial charge in [-0.15, -0.1) is 0 Å². The Morgan fingerprint density at radius 1 is 1.57 bits per heavy atom. The van der Waals surface area contributed by atoms with Crippen LogP contribution in [0.25, 0.3) is 0 Å². The van der Waals surface area contributed by atoms with Crippen molar-refractivity contribution in [3.63, 3.8) is 0 Å². The van der Waals surface area contributed by atoms with Crippen LogP contribution in [-0.2, 0) is 9.59 Å². The van der Waals surface area contributed by atoms with Gasteiger partial charge in [0, 0.05) is 19.5 Å². The maximum absolute atomic E-state index is 11.4. The summed E-state index contributed by atoms with van der Waals surface area (Å²) in [5.74, 6) is -0.742. The second-order valence-electron chi connectivity index (χ2n) is 4.25. The van der Waals surface area contributed by atoms with Gasteiger partial charge in [-0.25, -0.2) is 0 Å². The fourth-order valence-corrected chi connectivity index (χ4v) is 1.84. The molecule has 4 heteroatoms. The molecule has 0 spiro atoms. The first kappa shape index (κ1) is 11.0. The molecule has 0 aromatic rings. The number of carbonyl (C=O) groups excluding carboxylic acids is 1. The SMILES string of the molecule is CCC(=O)N1C[C@@H](C)[C@](C)(C(=O)O)C1. The summed E-state index contributed by atoms with van der Waals surface area (Å²) in [6.07, 6.45) is 0.447. The van der Waals surface area contributed by atoms with E-state index in [0.29, 0.717) is 19.5 Å². The number of hydrogen-bond acceptors (Lipinski definition) is 2. The van der Waals surface area contributed by atoms with Crippen LogP contribution in [0.15, 0.2) is 0 Å². The zero-order valence-electron chi connectivity index (χ0n) is 8.91. The molecule has 14 heavy (non-hydrogen) atoms. The molecule has 0 unspecified atom stereocenters. The van der Waals surface area contributed by atoms with Gasteiger partial charge >= 0.3 is 5.97 Å². The Balaban J connectivity index is 2.78. The molecule has 0 radical (unpaired) electrons. The van der Waals surface area contributed by atoms with E-state index in [9.17, 15) is 9.59 Å². The van der Waals surface area contributed by atoms with Crippen LogP contribution in [-0.4, -0.2) is 35.0 Å². The fourth-order valence-electron chi connectivity index (χ4n) is 1.84. The van der Waals surface area contributed by atoms with E-state index in [1.165, 1.54) is 0 Å². The molecule has 0 aromatic heterocycles. The number of hydrogen-bond donors (Lipinski definition) is 1. The number of carboxylic acid groups (broad SMARTS) is 1. The first-order valence-corrected chi connectivity index (χ1v) is 4.93. The summed E-state index contributed by atoms with van der Waals surface area (Å²) in [5, 5.41) is 9.08. The number of carbonyl (C=O) groups is 2. The van der Waals surface area contributed by atoms with Crippen LogP contribution in [0, 0.1) is 11.3 Å². The van der Waals surface area contributed by atoms with Gasteiger partial charge in [-0.3, -0.25) is 9.59 Å². The van der Waals surface area contributed by atoms with Gasteiger partial charge in [0.25, 0.3) is 0 Å². The molecule has 2 atom stereocenters. The van der Waals surface area contributed by atoms with Crippen molar-refractivity contribution < 1.29 is 14.7 Å². The Hall–Kier alpha value is -1.06. The Morgan fingerprint density at radius 2 is 2.14 bits per heavy atom. The van der Waals surface area contributed by atoms with Crippen LogP contribution in [0.4, 0.5) is 0 Å². The van der Waals surface area contributed by atoms with E-state index in [1.807, 2.05) is 6.92 Å². The molecule has 1 saturated heterocycles. The third-order valence-corrected chi connectivity index (χ3v) is 3.24. The maximum Gasteiger partial charge on any atom is 0.311 e. The minimum atomic E-state index is -0.809. The fraction of sp³-hybridized carbons (Fsp3) is 0.800. The van der Waals surface area contributed by atoms with Crippen molar-refractivity contribution in [3.8, 4) is 0 Å². The van der Waals surface area contributed by atoms with Crippen molar-refractivity contribution in [1.82, 2.24) is 4.90 Å². The second-order valence-corrected chi connectivity index (χ2v) is 4.25. The third kappa shape index (κ3) is 1.61. The van der Waals surface area contributed by atoms with Gasteiger partial charge in [0.1, 0.15) is 0 Å². The molecule has 1 amide bonds. The van der Waals surface area contributed by atoms with Gasteiger partial charge in [-0.2, -0.15) is 0 Å². The lowest BCUT2D eigenvalue weighted by Crippen LogP contribution is -2.36. The van der Waals surface area contributed by atoms with Gasteiger partial charge in [-0.05, 0) is 12.8 Å². The maximum atomic E-state index is 11.4. The number of likely N-dealkylation sites (tertiary alicyclic amines) is 1. The lowest BCUT2D eigenvalue weighted by atomic mass is 9.81. The minimum Gasteiger partial charge on any atom is -0.481 e. The van der Waals surface area contributed by atoms with Gasteiger partial charge in [0.05, 0.1) is 5.41 Å². The average molecular weight is 199 g/mol. The van der Waals surface area contributed by atoms with Crippen LogP contribution >= 0.6 is 0 Å². The third-order valence-electron chi connectivity index (χ3n) is 3.24. The predicted molar refractivity (Wildman–Crippen MR) is 51.8 cm³/mol. The van der Waals surface area contributed by atoms with E-state index in [2.05, 4.69) is 0 Å². The van der Waals surface area contributed by atoms with Crippen LogP contribution < -0.4 is 0 Å². The number of aliphatic carboxylic acids is 1. The molecule has 1 N–H and O–H groups in total. The number of rotatable bonds is 2. The average Bonchev–Trinajstić information content (AvgIpc) is 2.43. The molecular weight excluding hydrogens is 182 g/mol. The van der Waals surface area contributed by atoms with Crippen molar-refractivity contribution in [2.45, 2.75) is 27.2 Å². The van der Waals surface area contributed by atoms with Crippen LogP contribution in [0.2, 0.25) is 0 Å². The topological polar surface area (TPSA) is 57.6 Å². The van der Waals surface area contributed by atoms with Gasteiger partial charge in [0.15, 0.2) is 0 Å². The van der Waals surface area contributed by atoms with E-state index >= 15 is 0 Å². The van der Waals surface area contributed by atoms with Crippen molar-refractivity contribution in [2.24, 2.45) is 11.3 Å². The minimum absolute atomic E-state index is 0.0236. The summed E-state index contributed by atoms with van der Waals surface area (Å²) in [5.41, 5.74) is -0.773. The molecule has 4 nitrogen and oxygen atoms in total. The van der Waals surface area contributed by atoms with Crippen LogP contribution in [0.1, 0.15) is 27.2 Å². The highest BCUT2D eigenvalue weighted by Crippen LogP contribution is 2.35. The smallest absolute Gasteiger partial charge is 0.311 e. The molecule has 0 bridgehead atoms. The van der Waals surface area contributed by atoms with Crippen molar-refractivity contribution >= 4 is 11.9 Å². The molecule has 1 aliphatic heterocycles. The summed E-state index contributed by atoms with van der Waals surface area (Å²) in [6, 6.07) is 0. The zero-order valence-corrected chi connectivity index (χ0v) is 8.91.